The summed E-state index contributed by atoms with van der Waals surface area (Å²) in [7, 11) is -0.779. The molecule has 0 aromatic heterocycles. The predicted molar refractivity (Wildman–Crippen MR) is 233 cm³/mol. The molecule has 0 bridgehead atoms. The zero-order valence-corrected chi connectivity index (χ0v) is 39.6. The van der Waals surface area contributed by atoms with E-state index >= 15 is 0 Å². The molecule has 2 saturated heterocycles. The summed E-state index contributed by atoms with van der Waals surface area (Å²) in [6.07, 6.45) is -0.396. The Morgan fingerprint density at radius 3 is 1.51 bits per heavy atom. The molecule has 12 heteroatoms. The zero-order chi connectivity index (χ0) is 42.8. The average molecular weight is 827 g/mol. The number of hydrogen-bond donors (Lipinski definition) is 0. The van der Waals surface area contributed by atoms with Crippen molar-refractivity contribution < 1.29 is 37.4 Å². The number of nitrogens with zero attached hydrogens (tertiary/aromatic N) is 2. The lowest BCUT2D eigenvalue weighted by Crippen LogP contribution is -2.43. The van der Waals surface area contributed by atoms with Gasteiger partial charge in [0.2, 0.25) is 0 Å². The van der Waals surface area contributed by atoms with Gasteiger partial charge in [0.05, 0.1) is 26.1 Å². The number of esters is 2. The molecular weight excluding hydrogens is 753 g/mol. The standard InChI is InChI=1S/C23H37NO5Si.C22H37NO3Si/c1-17(15-29-30(6,7)23(2,3)4)19-13-24(14-20(19)21(25)27-5)22(26)28-16-18-11-9-8-10-12-18;1-17(16-26-27(6,7)22(2,3)4)19-14-23(15-20(19)21(24)25-5)13-18-11-9-8-10-12-18/h8-12,17,19-20H,13-16H2,1-7H3;8-12,17,19-20H,13-16H2,1-7H3/t2*17-,19+,20?/m00/s1. The van der Waals surface area contributed by atoms with E-state index in [1.165, 1.54) is 19.8 Å². The molecule has 320 valence electrons. The van der Waals surface area contributed by atoms with E-state index in [0.717, 1.165) is 25.2 Å². The fraction of sp³-hybridized carbons (Fsp3) is 0.667. The minimum absolute atomic E-state index is 0.0218. The first-order valence-corrected chi connectivity index (χ1v) is 26.5. The second-order valence-corrected chi connectivity index (χ2v) is 28.9. The molecule has 0 aliphatic carbocycles. The molecule has 0 N–H and O–H groups in total. The van der Waals surface area contributed by atoms with Crippen molar-refractivity contribution >= 4 is 34.7 Å². The Labute approximate surface area is 346 Å². The summed E-state index contributed by atoms with van der Waals surface area (Å²) < 4.78 is 28.4. The molecule has 10 nitrogen and oxygen atoms in total. The van der Waals surface area contributed by atoms with Crippen molar-refractivity contribution in [2.45, 2.75) is 105 Å². The SMILES string of the molecule is COC(=O)C1CN(C(=O)OCc2ccccc2)C[C@@H]1[C@@H](C)CO[Si](C)(C)C(C)(C)C.COC(=O)C1CN(Cc2ccccc2)C[C@@H]1[C@@H](C)CO[Si](C)(C)C(C)(C)C. The smallest absolute Gasteiger partial charge is 0.410 e. The van der Waals surface area contributed by atoms with Crippen molar-refractivity contribution in [2.75, 3.05) is 53.6 Å². The van der Waals surface area contributed by atoms with Crippen LogP contribution in [0.3, 0.4) is 0 Å². The third kappa shape index (κ3) is 13.8. The minimum Gasteiger partial charge on any atom is -0.469 e. The molecule has 2 aromatic carbocycles. The van der Waals surface area contributed by atoms with Gasteiger partial charge in [0, 0.05) is 45.9 Å². The van der Waals surface area contributed by atoms with Crippen LogP contribution >= 0.6 is 0 Å². The van der Waals surface area contributed by atoms with Gasteiger partial charge in [0.15, 0.2) is 16.6 Å². The van der Waals surface area contributed by atoms with Crippen LogP contribution in [0.2, 0.25) is 36.3 Å². The van der Waals surface area contributed by atoms with Gasteiger partial charge in [-0.1, -0.05) is 116 Å². The molecule has 0 saturated carbocycles. The van der Waals surface area contributed by atoms with E-state index in [4.69, 9.17) is 23.1 Å². The molecule has 6 atom stereocenters. The molecule has 1 amide bonds. The van der Waals surface area contributed by atoms with Crippen LogP contribution in [0, 0.1) is 35.5 Å². The van der Waals surface area contributed by atoms with Crippen LogP contribution in [0.1, 0.15) is 66.5 Å². The van der Waals surface area contributed by atoms with Crippen molar-refractivity contribution in [2.24, 2.45) is 35.5 Å². The molecule has 2 fully saturated rings. The highest BCUT2D eigenvalue weighted by Crippen LogP contribution is 2.40. The second kappa shape index (κ2) is 20.8. The average Bonchev–Trinajstić information content (AvgIpc) is 3.80. The molecule has 2 unspecified atom stereocenters. The maximum Gasteiger partial charge on any atom is 0.410 e. The second-order valence-electron chi connectivity index (χ2n) is 19.3. The molecular formula is C45H74N2O8Si2. The highest BCUT2D eigenvalue weighted by molar-refractivity contribution is 6.74. The largest absolute Gasteiger partial charge is 0.469 e. The topological polar surface area (TPSA) is 104 Å². The van der Waals surface area contributed by atoms with E-state index in [1.807, 2.05) is 36.4 Å². The lowest BCUT2D eigenvalue weighted by molar-refractivity contribution is -0.147. The Bertz CT molecular complexity index is 1560. The van der Waals surface area contributed by atoms with Crippen LogP contribution in [-0.2, 0) is 45.8 Å². The van der Waals surface area contributed by atoms with Gasteiger partial charge >= 0.3 is 18.0 Å². The minimum atomic E-state index is -1.89. The summed E-state index contributed by atoms with van der Waals surface area (Å²) in [5.74, 6) is -0.113. The number of methoxy groups -OCH3 is 2. The van der Waals surface area contributed by atoms with Crippen molar-refractivity contribution in [3.05, 3.63) is 71.8 Å². The van der Waals surface area contributed by atoms with Gasteiger partial charge in [-0.2, -0.15) is 0 Å². The van der Waals surface area contributed by atoms with Gasteiger partial charge in [-0.05, 0) is 71.1 Å². The summed E-state index contributed by atoms with van der Waals surface area (Å²) in [4.78, 5) is 41.4. The zero-order valence-electron chi connectivity index (χ0n) is 37.6. The van der Waals surface area contributed by atoms with Gasteiger partial charge in [-0.3, -0.25) is 14.5 Å². The number of hydrogen-bond acceptors (Lipinski definition) is 9. The van der Waals surface area contributed by atoms with Crippen LogP contribution in [0.4, 0.5) is 4.79 Å². The van der Waals surface area contributed by atoms with Crippen molar-refractivity contribution in [3.8, 4) is 0 Å². The third-order valence-corrected chi connectivity index (χ3v) is 22.0. The summed E-state index contributed by atoms with van der Waals surface area (Å²) >= 11 is 0. The van der Waals surface area contributed by atoms with Crippen molar-refractivity contribution in [1.82, 2.24) is 9.80 Å². The van der Waals surface area contributed by atoms with Crippen LogP contribution in [0.15, 0.2) is 60.7 Å². The van der Waals surface area contributed by atoms with Gasteiger partial charge in [-0.25, -0.2) is 4.79 Å². The Morgan fingerprint density at radius 1 is 0.649 bits per heavy atom. The number of rotatable bonds is 14. The van der Waals surface area contributed by atoms with Crippen molar-refractivity contribution in [1.29, 1.82) is 0 Å². The highest BCUT2D eigenvalue weighted by atomic mass is 28.4. The Morgan fingerprint density at radius 2 is 1.07 bits per heavy atom. The molecule has 2 aliphatic heterocycles. The number of amides is 1. The van der Waals surface area contributed by atoms with E-state index in [1.54, 1.807) is 4.90 Å². The summed E-state index contributed by atoms with van der Waals surface area (Å²) in [6.45, 7) is 31.6. The van der Waals surface area contributed by atoms with E-state index in [9.17, 15) is 14.4 Å². The molecule has 2 aliphatic rings. The lowest BCUT2D eigenvalue weighted by atomic mass is 9.85. The van der Waals surface area contributed by atoms with Gasteiger partial charge in [-0.15, -0.1) is 0 Å². The number of likely N-dealkylation sites (tertiary alicyclic amines) is 2. The van der Waals surface area contributed by atoms with E-state index in [0.29, 0.717) is 32.2 Å². The first-order chi connectivity index (χ1) is 26.5. The van der Waals surface area contributed by atoms with Gasteiger partial charge in [0.25, 0.3) is 0 Å². The van der Waals surface area contributed by atoms with E-state index < -0.39 is 22.7 Å². The van der Waals surface area contributed by atoms with Gasteiger partial charge < -0.3 is 28.0 Å². The molecule has 0 spiro atoms. The first-order valence-electron chi connectivity index (χ1n) is 20.7. The predicted octanol–water partition coefficient (Wildman–Crippen LogP) is 9.27. The lowest BCUT2D eigenvalue weighted by Gasteiger charge is -2.38. The summed E-state index contributed by atoms with van der Waals surface area (Å²) in [6, 6.07) is 20.0. The maximum absolute atomic E-state index is 12.6. The number of ether oxygens (including phenoxy) is 3. The third-order valence-electron chi connectivity index (χ3n) is 13.0. The Balaban J connectivity index is 0.000000307. The Hall–Kier alpha value is -3.04. The first kappa shape index (κ1) is 48.3. The quantitative estimate of drug-likeness (QED) is 0.105. The maximum atomic E-state index is 12.6. The fourth-order valence-electron chi connectivity index (χ4n) is 6.99. The Kier molecular flexibility index (Phi) is 17.6. The summed E-state index contributed by atoms with van der Waals surface area (Å²) in [5.41, 5.74) is 2.22. The molecule has 2 aromatic rings. The summed E-state index contributed by atoms with van der Waals surface area (Å²) in [5, 5.41) is 0.320. The van der Waals surface area contributed by atoms with Crippen LogP contribution < -0.4 is 0 Å². The van der Waals surface area contributed by atoms with Crippen molar-refractivity contribution in [3.63, 3.8) is 0 Å². The number of benzene rings is 2. The monoisotopic (exact) mass is 826 g/mol. The fourth-order valence-corrected chi connectivity index (χ4v) is 9.21. The number of carbonyl (C=O) groups is 3. The molecule has 4 rings (SSSR count). The van der Waals surface area contributed by atoms with Crippen LogP contribution in [-0.4, -0.2) is 98.1 Å². The molecule has 0 radical (unpaired) electrons. The van der Waals surface area contributed by atoms with Crippen LogP contribution in [0.5, 0.6) is 0 Å². The van der Waals surface area contributed by atoms with Crippen LogP contribution in [0.25, 0.3) is 0 Å². The molecule has 57 heavy (non-hydrogen) atoms. The normalized spacial score (nSPS) is 21.6. The number of carbonyl (C=O) groups excluding carboxylic acids is 3. The van der Waals surface area contributed by atoms with Gasteiger partial charge in [0.1, 0.15) is 6.61 Å². The molecule has 2 heterocycles. The van der Waals surface area contributed by atoms with E-state index in [-0.39, 0.29) is 58.2 Å². The highest BCUT2D eigenvalue weighted by Gasteiger charge is 2.46. The van der Waals surface area contributed by atoms with E-state index in [2.05, 4.69) is 111 Å².